The number of esters is 1. The van der Waals surface area contributed by atoms with Crippen molar-refractivity contribution in [3.63, 3.8) is 0 Å². The van der Waals surface area contributed by atoms with Gasteiger partial charge in [-0.1, -0.05) is 44.7 Å². The average Bonchev–Trinajstić information content (AvgIpc) is 3.66. The SMILES string of the molecule is C=CC(=O)OC(C)NC(=O)OC(COc1ccc(CC2CC2)cc1)COc1cc(C(C)C)ccc1C. The predicted molar refractivity (Wildman–Crippen MR) is 138 cm³/mol. The zero-order valence-corrected chi connectivity index (χ0v) is 21.6. The average molecular weight is 496 g/mol. The first-order valence-electron chi connectivity index (χ1n) is 12.5. The van der Waals surface area contributed by atoms with E-state index < -0.39 is 24.4 Å². The van der Waals surface area contributed by atoms with Gasteiger partial charge in [-0.15, -0.1) is 0 Å². The highest BCUT2D eigenvalue weighted by molar-refractivity contribution is 5.81. The van der Waals surface area contributed by atoms with Gasteiger partial charge in [0.05, 0.1) is 0 Å². The summed E-state index contributed by atoms with van der Waals surface area (Å²) < 4.78 is 22.5. The summed E-state index contributed by atoms with van der Waals surface area (Å²) in [5, 5.41) is 2.48. The summed E-state index contributed by atoms with van der Waals surface area (Å²) in [4.78, 5) is 23.8. The number of nitrogens with one attached hydrogen (secondary N) is 1. The number of benzene rings is 2. The number of aryl methyl sites for hydroxylation is 1. The number of carbonyl (C=O) groups is 2. The molecular formula is C29H37NO6. The Morgan fingerprint density at radius 1 is 1.03 bits per heavy atom. The maximum atomic E-state index is 12.5. The molecule has 36 heavy (non-hydrogen) atoms. The molecule has 0 saturated heterocycles. The van der Waals surface area contributed by atoms with Gasteiger partial charge in [-0.3, -0.25) is 5.32 Å². The van der Waals surface area contributed by atoms with Crippen molar-refractivity contribution in [3.8, 4) is 11.5 Å². The maximum absolute atomic E-state index is 12.5. The lowest BCUT2D eigenvalue weighted by molar-refractivity contribution is -0.143. The minimum absolute atomic E-state index is 0.0936. The third kappa shape index (κ3) is 8.95. The van der Waals surface area contributed by atoms with Crippen LogP contribution in [0.25, 0.3) is 0 Å². The van der Waals surface area contributed by atoms with Crippen LogP contribution in [0.3, 0.4) is 0 Å². The van der Waals surface area contributed by atoms with Crippen molar-refractivity contribution < 1.29 is 28.5 Å². The highest BCUT2D eigenvalue weighted by Crippen LogP contribution is 2.33. The lowest BCUT2D eigenvalue weighted by atomic mass is 10.0. The molecule has 0 aliphatic heterocycles. The van der Waals surface area contributed by atoms with Gasteiger partial charge in [-0.2, -0.15) is 0 Å². The van der Waals surface area contributed by atoms with Crippen LogP contribution >= 0.6 is 0 Å². The van der Waals surface area contributed by atoms with Gasteiger partial charge in [-0.05, 0) is 79.8 Å². The van der Waals surface area contributed by atoms with E-state index in [-0.39, 0.29) is 13.2 Å². The molecule has 1 saturated carbocycles. The van der Waals surface area contributed by atoms with Gasteiger partial charge >= 0.3 is 12.1 Å². The van der Waals surface area contributed by atoms with Crippen molar-refractivity contribution in [2.75, 3.05) is 13.2 Å². The van der Waals surface area contributed by atoms with Crippen LogP contribution in [0.4, 0.5) is 4.79 Å². The fourth-order valence-electron chi connectivity index (χ4n) is 3.60. The molecule has 0 heterocycles. The summed E-state index contributed by atoms with van der Waals surface area (Å²) in [7, 11) is 0. The third-order valence-corrected chi connectivity index (χ3v) is 5.94. The standard InChI is InChI=1S/C29H37NO6/c1-6-28(31)35-21(5)30-29(32)36-26(18-34-27-16-24(19(2)3)12-7-20(27)4)17-33-25-13-10-23(11-14-25)15-22-8-9-22/h6-7,10-14,16,19,21-22,26H,1,8-9,15,17-18H2,2-5H3,(H,30,32). The topological polar surface area (TPSA) is 83.1 Å². The fourth-order valence-corrected chi connectivity index (χ4v) is 3.60. The summed E-state index contributed by atoms with van der Waals surface area (Å²) >= 11 is 0. The molecule has 7 nitrogen and oxygen atoms in total. The molecule has 2 unspecified atom stereocenters. The van der Waals surface area contributed by atoms with Crippen molar-refractivity contribution in [1.82, 2.24) is 5.32 Å². The number of hydrogen-bond acceptors (Lipinski definition) is 6. The Morgan fingerprint density at radius 2 is 1.72 bits per heavy atom. The number of alkyl carbamates (subject to hydrolysis) is 1. The first-order valence-corrected chi connectivity index (χ1v) is 12.5. The molecule has 1 aliphatic carbocycles. The van der Waals surface area contributed by atoms with Crippen LogP contribution in [0.5, 0.6) is 11.5 Å². The Kier molecular flexibility index (Phi) is 9.79. The molecule has 0 radical (unpaired) electrons. The van der Waals surface area contributed by atoms with E-state index in [2.05, 4.69) is 43.9 Å². The molecule has 7 heteroatoms. The Balaban J connectivity index is 1.62. The van der Waals surface area contributed by atoms with Crippen molar-refractivity contribution >= 4 is 12.1 Å². The summed E-state index contributed by atoms with van der Waals surface area (Å²) in [6.45, 7) is 11.3. The number of hydrogen-bond donors (Lipinski definition) is 1. The first-order chi connectivity index (χ1) is 17.2. The maximum Gasteiger partial charge on any atom is 0.410 e. The number of amides is 1. The van der Waals surface area contributed by atoms with Crippen molar-refractivity contribution in [2.45, 2.75) is 65.2 Å². The van der Waals surface area contributed by atoms with Crippen LogP contribution in [0.1, 0.15) is 56.2 Å². The van der Waals surface area contributed by atoms with Gasteiger partial charge < -0.3 is 18.9 Å². The zero-order valence-electron chi connectivity index (χ0n) is 21.6. The number of rotatable bonds is 13. The summed E-state index contributed by atoms with van der Waals surface area (Å²) in [5.41, 5.74) is 3.44. The Labute approximate surface area is 213 Å². The molecule has 1 amide bonds. The quantitative estimate of drug-likeness (QED) is 0.218. The largest absolute Gasteiger partial charge is 0.490 e. The van der Waals surface area contributed by atoms with Crippen molar-refractivity contribution in [1.29, 1.82) is 0 Å². The Morgan fingerprint density at radius 3 is 2.36 bits per heavy atom. The van der Waals surface area contributed by atoms with Crippen LogP contribution in [0.2, 0.25) is 0 Å². The molecule has 0 aromatic heterocycles. The van der Waals surface area contributed by atoms with Crippen LogP contribution < -0.4 is 14.8 Å². The predicted octanol–water partition coefficient (Wildman–Crippen LogP) is 5.70. The summed E-state index contributed by atoms with van der Waals surface area (Å²) in [6.07, 6.45) is 2.41. The van der Waals surface area contributed by atoms with E-state index in [0.717, 1.165) is 35.3 Å². The molecular weight excluding hydrogens is 458 g/mol. The van der Waals surface area contributed by atoms with Gasteiger partial charge in [0.15, 0.2) is 12.3 Å². The Bertz CT molecular complexity index is 1030. The highest BCUT2D eigenvalue weighted by atomic mass is 16.6. The van der Waals surface area contributed by atoms with Crippen LogP contribution in [0.15, 0.2) is 55.1 Å². The van der Waals surface area contributed by atoms with E-state index in [4.69, 9.17) is 18.9 Å². The normalized spacial score (nSPS) is 14.5. The van der Waals surface area contributed by atoms with E-state index >= 15 is 0 Å². The zero-order chi connectivity index (χ0) is 26.1. The van der Waals surface area contributed by atoms with Crippen LogP contribution in [0, 0.1) is 12.8 Å². The molecule has 194 valence electrons. The molecule has 2 aromatic carbocycles. The fraction of sp³-hybridized carbons (Fsp3) is 0.448. The van der Waals surface area contributed by atoms with Gasteiger partial charge in [0.2, 0.25) is 0 Å². The molecule has 0 spiro atoms. The number of ether oxygens (including phenoxy) is 4. The molecule has 1 N–H and O–H groups in total. The van der Waals surface area contributed by atoms with Crippen LogP contribution in [-0.4, -0.2) is 37.6 Å². The highest BCUT2D eigenvalue weighted by Gasteiger charge is 2.22. The van der Waals surface area contributed by atoms with E-state index in [1.54, 1.807) is 0 Å². The molecule has 3 rings (SSSR count). The molecule has 2 atom stereocenters. The minimum Gasteiger partial charge on any atom is -0.490 e. The number of carbonyl (C=O) groups excluding carboxylic acids is 2. The second-order valence-corrected chi connectivity index (χ2v) is 9.55. The Hall–Kier alpha value is -3.48. The summed E-state index contributed by atoms with van der Waals surface area (Å²) in [6, 6.07) is 14.1. The second kappa shape index (κ2) is 13.0. The van der Waals surface area contributed by atoms with Crippen LogP contribution in [-0.2, 0) is 20.7 Å². The molecule has 1 aliphatic rings. The van der Waals surface area contributed by atoms with Gasteiger partial charge in [0.1, 0.15) is 24.7 Å². The molecule has 0 bridgehead atoms. The monoisotopic (exact) mass is 495 g/mol. The lowest BCUT2D eigenvalue weighted by Crippen LogP contribution is -2.40. The smallest absolute Gasteiger partial charge is 0.410 e. The van der Waals surface area contributed by atoms with Crippen molar-refractivity contribution in [3.05, 3.63) is 71.8 Å². The molecule has 2 aromatic rings. The lowest BCUT2D eigenvalue weighted by Gasteiger charge is -2.22. The third-order valence-electron chi connectivity index (χ3n) is 5.94. The van der Waals surface area contributed by atoms with Gasteiger partial charge in [0.25, 0.3) is 0 Å². The van der Waals surface area contributed by atoms with Crippen molar-refractivity contribution in [2.24, 2.45) is 5.92 Å². The van der Waals surface area contributed by atoms with E-state index in [9.17, 15) is 9.59 Å². The van der Waals surface area contributed by atoms with E-state index in [1.165, 1.54) is 25.3 Å². The van der Waals surface area contributed by atoms with Gasteiger partial charge in [0, 0.05) is 6.08 Å². The van der Waals surface area contributed by atoms with E-state index in [1.807, 2.05) is 31.2 Å². The minimum atomic E-state index is -0.880. The summed E-state index contributed by atoms with van der Waals surface area (Å²) in [5.74, 6) is 1.95. The molecule has 1 fully saturated rings. The second-order valence-electron chi connectivity index (χ2n) is 9.55. The first kappa shape index (κ1) is 27.1. The van der Waals surface area contributed by atoms with Gasteiger partial charge in [-0.25, -0.2) is 9.59 Å². The van der Waals surface area contributed by atoms with E-state index in [0.29, 0.717) is 11.7 Å².